The normalized spacial score (nSPS) is 43.1. The Labute approximate surface area is 119 Å². The van der Waals surface area contributed by atoms with Crippen molar-refractivity contribution in [2.45, 2.75) is 77.3 Å². The van der Waals surface area contributed by atoms with Gasteiger partial charge in [0.1, 0.15) is 0 Å². The van der Waals surface area contributed by atoms with Crippen LogP contribution in [0.15, 0.2) is 0 Å². The highest BCUT2D eigenvalue weighted by atomic mass is 15.2. The van der Waals surface area contributed by atoms with Gasteiger partial charge in [0.25, 0.3) is 0 Å². The molecule has 1 aliphatic heterocycles. The quantitative estimate of drug-likeness (QED) is 0.828. The molecule has 0 spiro atoms. The van der Waals surface area contributed by atoms with Gasteiger partial charge in [-0.25, -0.2) is 0 Å². The molecular formula is C17H32N2. The molecule has 0 aromatic heterocycles. The highest BCUT2D eigenvalue weighted by Gasteiger charge is 2.42. The third-order valence-electron chi connectivity index (χ3n) is 6.40. The van der Waals surface area contributed by atoms with Crippen molar-refractivity contribution < 1.29 is 0 Å². The second-order valence-electron chi connectivity index (χ2n) is 8.06. The highest BCUT2D eigenvalue weighted by Crippen LogP contribution is 2.42. The Balaban J connectivity index is 1.62. The van der Waals surface area contributed by atoms with Crippen LogP contribution in [0.2, 0.25) is 0 Å². The van der Waals surface area contributed by atoms with E-state index in [4.69, 9.17) is 5.73 Å². The summed E-state index contributed by atoms with van der Waals surface area (Å²) in [6.07, 6.45) is 11.5. The lowest BCUT2D eigenvalue weighted by atomic mass is 9.77. The van der Waals surface area contributed by atoms with Crippen molar-refractivity contribution in [3.63, 3.8) is 0 Å². The van der Waals surface area contributed by atoms with Gasteiger partial charge in [-0.3, -0.25) is 4.90 Å². The Hall–Kier alpha value is -0.0800. The molecule has 3 fully saturated rings. The summed E-state index contributed by atoms with van der Waals surface area (Å²) in [4.78, 5) is 2.83. The van der Waals surface area contributed by atoms with Crippen LogP contribution in [0.5, 0.6) is 0 Å². The van der Waals surface area contributed by atoms with E-state index in [1.807, 2.05) is 0 Å². The lowest BCUT2D eigenvalue weighted by Crippen LogP contribution is -2.50. The second kappa shape index (κ2) is 5.37. The van der Waals surface area contributed by atoms with Gasteiger partial charge in [-0.1, -0.05) is 26.7 Å². The summed E-state index contributed by atoms with van der Waals surface area (Å²) in [5, 5.41) is 0. The number of hydrogen-bond acceptors (Lipinski definition) is 2. The fraction of sp³-hybridized carbons (Fsp3) is 1.00. The van der Waals surface area contributed by atoms with E-state index < -0.39 is 0 Å². The fourth-order valence-electron chi connectivity index (χ4n) is 5.00. The molecule has 0 amide bonds. The van der Waals surface area contributed by atoms with E-state index in [9.17, 15) is 0 Å². The number of rotatable bonds is 2. The number of nitrogens with zero attached hydrogens (tertiary/aromatic N) is 1. The minimum Gasteiger partial charge on any atom is -0.327 e. The Bertz CT molecular complexity index is 310. The first-order valence-corrected chi connectivity index (χ1v) is 8.57. The molecule has 4 atom stereocenters. The fourth-order valence-corrected chi connectivity index (χ4v) is 5.00. The Morgan fingerprint density at radius 2 is 1.79 bits per heavy atom. The summed E-state index contributed by atoms with van der Waals surface area (Å²) in [5.41, 5.74) is 6.88. The molecule has 2 heteroatoms. The van der Waals surface area contributed by atoms with Crippen LogP contribution in [-0.4, -0.2) is 30.1 Å². The van der Waals surface area contributed by atoms with Gasteiger partial charge in [0.05, 0.1) is 0 Å². The lowest BCUT2D eigenvalue weighted by Gasteiger charge is -2.45. The Morgan fingerprint density at radius 1 is 1.05 bits per heavy atom. The lowest BCUT2D eigenvalue weighted by molar-refractivity contribution is 0.0448. The van der Waals surface area contributed by atoms with Crippen molar-refractivity contribution in [2.75, 3.05) is 13.1 Å². The standard InChI is InChI=1S/C17H32N2/c1-17(2)10-9-14(16(17)18)12-19-11-5-7-13-6-3-4-8-15(13)19/h13-16H,3-12,18H2,1-2H3. The average molecular weight is 264 g/mol. The number of fused-ring (bicyclic) bond motifs is 1. The van der Waals surface area contributed by atoms with Gasteiger partial charge in [-0.15, -0.1) is 0 Å². The van der Waals surface area contributed by atoms with Crippen LogP contribution >= 0.6 is 0 Å². The van der Waals surface area contributed by atoms with E-state index in [1.165, 1.54) is 64.5 Å². The van der Waals surface area contributed by atoms with Gasteiger partial charge < -0.3 is 5.73 Å². The van der Waals surface area contributed by atoms with Crippen LogP contribution in [0.4, 0.5) is 0 Å². The first-order valence-electron chi connectivity index (χ1n) is 8.57. The van der Waals surface area contributed by atoms with E-state index in [-0.39, 0.29) is 0 Å². The van der Waals surface area contributed by atoms with Crippen molar-refractivity contribution in [2.24, 2.45) is 23.0 Å². The van der Waals surface area contributed by atoms with Crippen molar-refractivity contribution in [1.82, 2.24) is 4.90 Å². The van der Waals surface area contributed by atoms with E-state index >= 15 is 0 Å². The van der Waals surface area contributed by atoms with Crippen molar-refractivity contribution >= 4 is 0 Å². The highest BCUT2D eigenvalue weighted by molar-refractivity contribution is 4.97. The molecule has 0 aromatic rings. The number of nitrogens with two attached hydrogens (primary N) is 1. The maximum atomic E-state index is 6.52. The Kier molecular flexibility index (Phi) is 3.92. The predicted molar refractivity (Wildman–Crippen MR) is 81.0 cm³/mol. The summed E-state index contributed by atoms with van der Waals surface area (Å²) < 4.78 is 0. The molecule has 110 valence electrons. The van der Waals surface area contributed by atoms with E-state index in [0.29, 0.717) is 11.5 Å². The first-order chi connectivity index (χ1) is 9.08. The van der Waals surface area contributed by atoms with E-state index in [0.717, 1.165) is 17.9 Å². The van der Waals surface area contributed by atoms with E-state index in [2.05, 4.69) is 18.7 Å². The zero-order chi connectivity index (χ0) is 13.5. The molecule has 1 heterocycles. The maximum Gasteiger partial charge on any atom is 0.0131 e. The van der Waals surface area contributed by atoms with Crippen LogP contribution in [-0.2, 0) is 0 Å². The number of hydrogen-bond donors (Lipinski definition) is 1. The first kappa shape index (κ1) is 13.9. The third kappa shape index (κ3) is 2.71. The monoisotopic (exact) mass is 264 g/mol. The molecule has 4 unspecified atom stereocenters. The molecule has 2 saturated carbocycles. The summed E-state index contributed by atoms with van der Waals surface area (Å²) in [5.74, 6) is 1.75. The number of piperidine rings is 1. The minimum atomic E-state index is 0.367. The molecule has 1 saturated heterocycles. The molecule has 2 N–H and O–H groups in total. The summed E-state index contributed by atoms with van der Waals surface area (Å²) in [6.45, 7) is 7.34. The van der Waals surface area contributed by atoms with Gasteiger partial charge >= 0.3 is 0 Å². The van der Waals surface area contributed by atoms with Crippen LogP contribution in [0, 0.1) is 17.3 Å². The van der Waals surface area contributed by atoms with Crippen LogP contribution < -0.4 is 5.73 Å². The summed E-state index contributed by atoms with van der Waals surface area (Å²) >= 11 is 0. The van der Waals surface area contributed by atoms with Crippen molar-refractivity contribution in [1.29, 1.82) is 0 Å². The Morgan fingerprint density at radius 3 is 2.53 bits per heavy atom. The van der Waals surface area contributed by atoms with Gasteiger partial charge in [-0.2, -0.15) is 0 Å². The molecule has 0 bridgehead atoms. The number of likely N-dealkylation sites (tertiary alicyclic amines) is 1. The van der Waals surface area contributed by atoms with Gasteiger partial charge in [-0.05, 0) is 62.3 Å². The minimum absolute atomic E-state index is 0.367. The van der Waals surface area contributed by atoms with E-state index in [1.54, 1.807) is 0 Å². The van der Waals surface area contributed by atoms with Gasteiger partial charge in [0.2, 0.25) is 0 Å². The third-order valence-corrected chi connectivity index (χ3v) is 6.40. The van der Waals surface area contributed by atoms with Crippen LogP contribution in [0.1, 0.15) is 65.2 Å². The van der Waals surface area contributed by atoms with Crippen LogP contribution in [0.25, 0.3) is 0 Å². The van der Waals surface area contributed by atoms with Crippen molar-refractivity contribution in [3.8, 4) is 0 Å². The summed E-state index contributed by atoms with van der Waals surface area (Å²) in [7, 11) is 0. The maximum absolute atomic E-state index is 6.52. The molecule has 19 heavy (non-hydrogen) atoms. The zero-order valence-electron chi connectivity index (χ0n) is 12.9. The zero-order valence-corrected chi connectivity index (χ0v) is 12.9. The largest absolute Gasteiger partial charge is 0.327 e. The van der Waals surface area contributed by atoms with Crippen LogP contribution in [0.3, 0.4) is 0 Å². The molecule has 3 rings (SSSR count). The van der Waals surface area contributed by atoms with Crippen molar-refractivity contribution in [3.05, 3.63) is 0 Å². The van der Waals surface area contributed by atoms with Gasteiger partial charge in [0, 0.05) is 18.6 Å². The second-order valence-corrected chi connectivity index (χ2v) is 8.06. The topological polar surface area (TPSA) is 29.3 Å². The molecule has 2 nitrogen and oxygen atoms in total. The molecule has 0 radical (unpaired) electrons. The predicted octanol–water partition coefficient (Wildman–Crippen LogP) is 3.40. The SMILES string of the molecule is CC1(C)CCC(CN2CCCC3CCCCC32)C1N. The molecule has 2 aliphatic carbocycles. The summed E-state index contributed by atoms with van der Waals surface area (Å²) in [6, 6.07) is 1.31. The van der Waals surface area contributed by atoms with Gasteiger partial charge in [0.15, 0.2) is 0 Å². The smallest absolute Gasteiger partial charge is 0.0131 e. The molecule has 3 aliphatic rings. The molecular weight excluding hydrogens is 232 g/mol. The molecule has 0 aromatic carbocycles. The average Bonchev–Trinajstić information content (AvgIpc) is 2.66.